The number of hydrogen-bond acceptors (Lipinski definition) is 2. The number of aromatic nitrogens is 1. The smallest absolute Gasteiger partial charge is 0.128 e. The van der Waals surface area contributed by atoms with E-state index in [0.29, 0.717) is 5.56 Å². The van der Waals surface area contributed by atoms with Gasteiger partial charge in [-0.25, -0.2) is 0 Å². The number of nitriles is 1. The summed E-state index contributed by atoms with van der Waals surface area (Å²) in [7, 11) is 1.63. The highest BCUT2D eigenvalue weighted by atomic mass is 79.9. The molecule has 0 aliphatic rings. The summed E-state index contributed by atoms with van der Waals surface area (Å²) in [6.45, 7) is 1.88. The van der Waals surface area contributed by atoms with Crippen molar-refractivity contribution in [2.45, 2.75) is 6.92 Å². The number of aryl methyl sites for hydroxylation is 1. The zero-order chi connectivity index (χ0) is 12.4. The summed E-state index contributed by atoms with van der Waals surface area (Å²) in [4.78, 5) is 3.19. The minimum Gasteiger partial charge on any atom is -0.496 e. The van der Waals surface area contributed by atoms with E-state index in [4.69, 9.17) is 10.00 Å². The molecule has 0 aliphatic heterocycles. The number of benzene rings is 1. The Balaban J connectivity index is 2.59. The molecule has 0 unspecified atom stereocenters. The molecule has 0 aliphatic carbocycles. The molecule has 1 heterocycles. The summed E-state index contributed by atoms with van der Waals surface area (Å²) in [5.74, 6) is 0.777. The van der Waals surface area contributed by atoms with Gasteiger partial charge in [0, 0.05) is 15.7 Å². The van der Waals surface area contributed by atoms with Crippen LogP contribution in [-0.4, -0.2) is 12.1 Å². The molecule has 1 N–H and O–H groups in total. The van der Waals surface area contributed by atoms with Crippen molar-refractivity contribution < 1.29 is 4.74 Å². The Morgan fingerprint density at radius 1 is 1.35 bits per heavy atom. The molecule has 0 saturated heterocycles. The first-order chi connectivity index (χ1) is 8.15. The van der Waals surface area contributed by atoms with Crippen molar-refractivity contribution in [2.75, 3.05) is 7.11 Å². The molecule has 17 heavy (non-hydrogen) atoms. The van der Waals surface area contributed by atoms with Gasteiger partial charge in [0.2, 0.25) is 0 Å². The van der Waals surface area contributed by atoms with Crippen LogP contribution in [0.2, 0.25) is 0 Å². The van der Waals surface area contributed by atoms with Gasteiger partial charge in [-0.2, -0.15) is 5.26 Å². The average Bonchev–Trinajstić information content (AvgIpc) is 2.70. The van der Waals surface area contributed by atoms with E-state index < -0.39 is 0 Å². The van der Waals surface area contributed by atoms with Crippen molar-refractivity contribution in [3.05, 3.63) is 40.0 Å². The van der Waals surface area contributed by atoms with Gasteiger partial charge in [0.1, 0.15) is 11.8 Å². The fraction of sp³-hybridized carbons (Fsp3) is 0.154. The van der Waals surface area contributed by atoms with Crippen molar-refractivity contribution in [3.63, 3.8) is 0 Å². The number of rotatable bonds is 2. The highest BCUT2D eigenvalue weighted by Crippen LogP contribution is 2.32. The molecule has 3 nitrogen and oxygen atoms in total. The second-order valence-electron chi connectivity index (χ2n) is 3.68. The lowest BCUT2D eigenvalue weighted by atomic mass is 10.1. The van der Waals surface area contributed by atoms with E-state index in [1.54, 1.807) is 7.11 Å². The molecular weight excluding hydrogens is 280 g/mol. The highest BCUT2D eigenvalue weighted by Gasteiger charge is 2.11. The number of nitrogens with one attached hydrogen (secondary N) is 1. The van der Waals surface area contributed by atoms with E-state index in [9.17, 15) is 0 Å². The van der Waals surface area contributed by atoms with E-state index in [-0.39, 0.29) is 0 Å². The standard InChI is InChI=1S/C13H11BrN2O/c1-8-9(7-15)5-12(16-8)11-6-10(14)3-4-13(11)17-2/h3-6,16H,1-2H3. The van der Waals surface area contributed by atoms with Crippen molar-refractivity contribution in [2.24, 2.45) is 0 Å². The Labute approximate surface area is 108 Å². The minimum atomic E-state index is 0.655. The van der Waals surface area contributed by atoms with E-state index in [1.807, 2.05) is 31.2 Å². The minimum absolute atomic E-state index is 0.655. The van der Waals surface area contributed by atoms with E-state index in [2.05, 4.69) is 27.0 Å². The summed E-state index contributed by atoms with van der Waals surface area (Å²) in [6.07, 6.45) is 0. The molecule has 86 valence electrons. The summed E-state index contributed by atoms with van der Waals surface area (Å²) >= 11 is 3.43. The van der Waals surface area contributed by atoms with Crippen LogP contribution in [0.3, 0.4) is 0 Å². The SMILES string of the molecule is COc1ccc(Br)cc1-c1cc(C#N)c(C)[nH]1. The molecule has 0 atom stereocenters. The van der Waals surface area contributed by atoms with Crippen molar-refractivity contribution in [3.8, 4) is 23.1 Å². The molecule has 0 saturated carbocycles. The van der Waals surface area contributed by atoms with Crippen LogP contribution < -0.4 is 4.74 Å². The molecule has 2 rings (SSSR count). The van der Waals surface area contributed by atoms with Crippen LogP contribution in [0.4, 0.5) is 0 Å². The Bertz CT molecular complexity index is 596. The maximum absolute atomic E-state index is 8.95. The summed E-state index contributed by atoms with van der Waals surface area (Å²) in [5.41, 5.74) is 3.34. The molecule has 0 fully saturated rings. The number of methoxy groups -OCH3 is 1. The Morgan fingerprint density at radius 3 is 2.71 bits per heavy atom. The summed E-state index contributed by atoms with van der Waals surface area (Å²) < 4.78 is 6.29. The number of nitrogens with zero attached hydrogens (tertiary/aromatic N) is 1. The predicted molar refractivity (Wildman–Crippen MR) is 69.9 cm³/mol. The Kier molecular flexibility index (Phi) is 3.21. The molecule has 0 amide bonds. The van der Waals surface area contributed by atoms with Crippen LogP contribution >= 0.6 is 15.9 Å². The molecule has 4 heteroatoms. The molecule has 2 aromatic rings. The first-order valence-electron chi connectivity index (χ1n) is 5.09. The maximum Gasteiger partial charge on any atom is 0.128 e. The third-order valence-corrected chi connectivity index (χ3v) is 3.08. The van der Waals surface area contributed by atoms with Crippen molar-refractivity contribution in [1.82, 2.24) is 4.98 Å². The second-order valence-corrected chi connectivity index (χ2v) is 4.59. The zero-order valence-electron chi connectivity index (χ0n) is 9.54. The molecule has 0 radical (unpaired) electrons. The number of aromatic amines is 1. The molecular formula is C13H11BrN2O. The van der Waals surface area contributed by atoms with Gasteiger partial charge in [0.15, 0.2) is 0 Å². The highest BCUT2D eigenvalue weighted by molar-refractivity contribution is 9.10. The van der Waals surface area contributed by atoms with Crippen LogP contribution in [0.25, 0.3) is 11.3 Å². The third kappa shape index (κ3) is 2.20. The molecule has 0 spiro atoms. The van der Waals surface area contributed by atoms with Crippen LogP contribution in [0.1, 0.15) is 11.3 Å². The van der Waals surface area contributed by atoms with Gasteiger partial charge < -0.3 is 9.72 Å². The van der Waals surface area contributed by atoms with Crippen molar-refractivity contribution in [1.29, 1.82) is 5.26 Å². The number of H-pyrrole nitrogens is 1. The predicted octanol–water partition coefficient (Wildman–Crippen LogP) is 3.63. The van der Waals surface area contributed by atoms with Gasteiger partial charge in [0.05, 0.1) is 18.4 Å². The van der Waals surface area contributed by atoms with Crippen LogP contribution in [0, 0.1) is 18.3 Å². The molecule has 1 aromatic heterocycles. The topological polar surface area (TPSA) is 48.8 Å². The number of hydrogen-bond donors (Lipinski definition) is 1. The lowest BCUT2D eigenvalue weighted by Crippen LogP contribution is -1.88. The Morgan fingerprint density at radius 2 is 2.12 bits per heavy atom. The largest absolute Gasteiger partial charge is 0.496 e. The summed E-state index contributed by atoms with van der Waals surface area (Å²) in [6, 6.07) is 9.76. The third-order valence-electron chi connectivity index (χ3n) is 2.59. The fourth-order valence-corrected chi connectivity index (χ4v) is 2.07. The van der Waals surface area contributed by atoms with Gasteiger partial charge in [0.25, 0.3) is 0 Å². The second kappa shape index (κ2) is 4.64. The van der Waals surface area contributed by atoms with Gasteiger partial charge in [-0.1, -0.05) is 15.9 Å². The van der Waals surface area contributed by atoms with Gasteiger partial charge in [-0.3, -0.25) is 0 Å². The first kappa shape index (κ1) is 11.7. The van der Waals surface area contributed by atoms with Crippen LogP contribution in [0.5, 0.6) is 5.75 Å². The van der Waals surface area contributed by atoms with Crippen LogP contribution in [-0.2, 0) is 0 Å². The van der Waals surface area contributed by atoms with E-state index in [1.165, 1.54) is 0 Å². The fourth-order valence-electron chi connectivity index (χ4n) is 1.71. The average molecular weight is 291 g/mol. The van der Waals surface area contributed by atoms with Gasteiger partial charge in [-0.05, 0) is 31.2 Å². The van der Waals surface area contributed by atoms with Gasteiger partial charge >= 0.3 is 0 Å². The number of ether oxygens (including phenoxy) is 1. The number of halogens is 1. The molecule has 0 bridgehead atoms. The van der Waals surface area contributed by atoms with E-state index >= 15 is 0 Å². The zero-order valence-corrected chi connectivity index (χ0v) is 11.1. The summed E-state index contributed by atoms with van der Waals surface area (Å²) in [5, 5.41) is 8.95. The van der Waals surface area contributed by atoms with E-state index in [0.717, 1.165) is 27.2 Å². The van der Waals surface area contributed by atoms with Crippen molar-refractivity contribution >= 4 is 15.9 Å². The lowest BCUT2D eigenvalue weighted by Gasteiger charge is -2.07. The van der Waals surface area contributed by atoms with Crippen LogP contribution in [0.15, 0.2) is 28.7 Å². The Hall–Kier alpha value is -1.73. The first-order valence-corrected chi connectivity index (χ1v) is 5.88. The quantitative estimate of drug-likeness (QED) is 0.918. The van der Waals surface area contributed by atoms with Gasteiger partial charge in [-0.15, -0.1) is 0 Å². The molecule has 1 aromatic carbocycles. The monoisotopic (exact) mass is 290 g/mol. The normalized spacial score (nSPS) is 10.0. The maximum atomic E-state index is 8.95. The lowest BCUT2D eigenvalue weighted by molar-refractivity contribution is 0.416.